The van der Waals surface area contributed by atoms with Crippen LogP contribution in [-0.2, 0) is 17.1 Å². The molecule has 0 unspecified atom stereocenters. The Balaban J connectivity index is 0. The second-order valence-corrected chi connectivity index (χ2v) is 0. The van der Waals surface area contributed by atoms with Gasteiger partial charge in [0.25, 0.3) is 0 Å². The Hall–Kier alpha value is 3.88. The molecule has 0 rings (SSSR count). The van der Waals surface area contributed by atoms with Crippen LogP contribution in [0, 0.1) is 0 Å². The van der Waals surface area contributed by atoms with Gasteiger partial charge in [-0.05, 0) is 0 Å². The van der Waals surface area contributed by atoms with Crippen LogP contribution in [0.15, 0.2) is 0 Å². The van der Waals surface area contributed by atoms with E-state index in [0.29, 0.717) is 0 Å². The Kier molecular flexibility index (Phi) is 316. The number of rotatable bonds is 0. The summed E-state index contributed by atoms with van der Waals surface area (Å²) in [5.41, 5.74) is 0. The van der Waals surface area contributed by atoms with Gasteiger partial charge in [-0.15, -0.1) is 0 Å². The summed E-state index contributed by atoms with van der Waals surface area (Å²) in [4.78, 5) is 0. The van der Waals surface area contributed by atoms with E-state index in [1.807, 2.05) is 0 Å². The molecule has 0 bridgehead atoms. The van der Waals surface area contributed by atoms with Crippen LogP contribution in [0.25, 0.3) is 0 Å². The molecule has 0 saturated carbocycles. The zero-order chi connectivity index (χ0) is 0. The summed E-state index contributed by atoms with van der Waals surface area (Å²) in [5.74, 6) is 0. The molecule has 6 heavy (non-hydrogen) atoms. The number of hydrogen-bond donors (Lipinski definition) is 0. The van der Waals surface area contributed by atoms with E-state index in [-0.39, 0.29) is 121 Å². The van der Waals surface area contributed by atoms with Gasteiger partial charge >= 0.3 is 104 Å². The van der Waals surface area contributed by atoms with E-state index < -0.39 is 0 Å². The summed E-state index contributed by atoms with van der Waals surface area (Å²) < 4.78 is 0. The summed E-state index contributed by atoms with van der Waals surface area (Å²) >= 11 is 0. The van der Waals surface area contributed by atoms with E-state index in [1.54, 1.807) is 0 Å². The molecule has 47 valence electrons. The standard InChI is InChI=1S/Cu.Ga.In.Sb.2H2Se.9H/h;;;;2*1H2;;;;;;;;;. The quantitative estimate of drug-likeness (QED) is 0.269. The van der Waals surface area contributed by atoms with Crippen LogP contribution in [0.3, 0.4) is 0 Å². The maximum absolute atomic E-state index is 0. The van der Waals surface area contributed by atoms with Crippen LogP contribution >= 0.6 is 0 Å². The third-order valence-corrected chi connectivity index (χ3v) is 0. The summed E-state index contributed by atoms with van der Waals surface area (Å²) in [6, 6.07) is 0. The molecule has 1 radical (unpaired) electrons. The van der Waals surface area contributed by atoms with E-state index in [4.69, 9.17) is 0 Å². The molecule has 0 aromatic heterocycles. The molecular weight excluding hydrogens is 528 g/mol. The normalized spacial score (nSPS) is 0. The predicted molar refractivity (Wildman–Crippen MR) is 46.9 cm³/mol. The molecule has 6 heteroatoms. The molecule has 0 aliphatic heterocycles. The Bertz CT molecular complexity index is 13.5. The molecule has 0 heterocycles. The first-order valence-electron chi connectivity index (χ1n) is 0. The first-order valence-corrected chi connectivity index (χ1v) is 0. The summed E-state index contributed by atoms with van der Waals surface area (Å²) in [6.07, 6.45) is 0. The van der Waals surface area contributed by atoms with Gasteiger partial charge < -0.3 is 0 Å². The molecule has 0 N–H and O–H groups in total. The first kappa shape index (κ1) is 51.7. The van der Waals surface area contributed by atoms with Gasteiger partial charge in [0.2, 0.25) is 0 Å². The minimum atomic E-state index is 0. The molecule has 0 amide bonds. The van der Waals surface area contributed by atoms with Crippen LogP contribution in [0.2, 0.25) is 0 Å². The molecule has 0 aliphatic carbocycles. The summed E-state index contributed by atoms with van der Waals surface area (Å²) in [5, 5.41) is 0. The van der Waals surface area contributed by atoms with Crippen molar-refractivity contribution in [2.24, 2.45) is 0 Å². The molecule has 0 aromatic carbocycles. The fourth-order valence-electron chi connectivity index (χ4n) is 0. The first-order chi connectivity index (χ1) is 0. The van der Waals surface area contributed by atoms with Crippen molar-refractivity contribution in [1.82, 2.24) is 0 Å². The van der Waals surface area contributed by atoms with Crippen LogP contribution < -0.4 is 0 Å². The van der Waals surface area contributed by atoms with Gasteiger partial charge in [0.15, 0.2) is 0 Å². The van der Waals surface area contributed by atoms with Crippen molar-refractivity contribution in [3.8, 4) is 0 Å². The molecule has 0 fully saturated rings. The molecule has 0 aliphatic rings. The fourth-order valence-corrected chi connectivity index (χ4v) is 0. The van der Waals surface area contributed by atoms with Crippen molar-refractivity contribution in [3.05, 3.63) is 0 Å². The summed E-state index contributed by atoms with van der Waals surface area (Å²) in [6.45, 7) is 0. The van der Waals surface area contributed by atoms with Crippen molar-refractivity contribution >= 4 is 104 Å². The Labute approximate surface area is 119 Å². The van der Waals surface area contributed by atoms with Gasteiger partial charge in [-0.25, -0.2) is 0 Å². The second kappa shape index (κ2) is 36.6. The molecule has 0 atom stereocenters. The zero-order valence-corrected chi connectivity index (χ0v) is 11.2. The van der Waals surface area contributed by atoms with Crippen molar-refractivity contribution in [3.63, 3.8) is 0 Å². The van der Waals surface area contributed by atoms with Gasteiger partial charge in [-0.2, -0.15) is 0 Å². The van der Waals surface area contributed by atoms with E-state index in [1.165, 1.54) is 0 Å². The Morgan fingerprint density at radius 2 is 0.833 bits per heavy atom. The molecule has 0 saturated heterocycles. The van der Waals surface area contributed by atoms with Gasteiger partial charge in [0.05, 0.1) is 0 Å². The second-order valence-electron chi connectivity index (χ2n) is 0. The van der Waals surface area contributed by atoms with Gasteiger partial charge in [-0.3, -0.25) is 0 Å². The Morgan fingerprint density at radius 1 is 0.833 bits per heavy atom. The van der Waals surface area contributed by atoms with E-state index >= 15 is 0 Å². The average molecular weight is 541 g/mol. The van der Waals surface area contributed by atoms with E-state index in [0.717, 1.165) is 0 Å². The zero-order valence-electron chi connectivity index (χ0n) is 2.01. The van der Waals surface area contributed by atoms with E-state index in [2.05, 4.69) is 0 Å². The molecule has 0 spiro atoms. The fraction of sp³-hybridized carbons (Fsp3) is 0. The third kappa shape index (κ3) is 24.8. The van der Waals surface area contributed by atoms with Crippen molar-refractivity contribution in [2.45, 2.75) is 0 Å². The van der Waals surface area contributed by atoms with Gasteiger partial charge in [0, 0.05) is 17.1 Å². The minimum absolute atomic E-state index is 0. The van der Waals surface area contributed by atoms with Crippen molar-refractivity contribution in [2.75, 3.05) is 0 Å². The summed E-state index contributed by atoms with van der Waals surface area (Å²) in [7, 11) is 0. The van der Waals surface area contributed by atoms with Crippen molar-refractivity contribution in [1.29, 1.82) is 0 Å². The van der Waals surface area contributed by atoms with Crippen LogP contribution in [-0.4, -0.2) is 104 Å². The molecule has 0 aromatic rings. The topological polar surface area (TPSA) is 0 Å². The van der Waals surface area contributed by atoms with Crippen LogP contribution in [0.1, 0.15) is 0 Å². The van der Waals surface area contributed by atoms with Gasteiger partial charge in [-0.1, -0.05) is 0 Å². The maximum atomic E-state index is 0. The van der Waals surface area contributed by atoms with Crippen molar-refractivity contribution < 1.29 is 17.1 Å². The third-order valence-electron chi connectivity index (χ3n) is 0. The SMILES string of the molecule is [Cu].[GaH3].[InH3].[SbH3].[SeH2].[SeH2]. The van der Waals surface area contributed by atoms with E-state index in [9.17, 15) is 0 Å². The number of hydrogen-bond acceptors (Lipinski definition) is 0. The Morgan fingerprint density at radius 3 is 0.833 bits per heavy atom. The molecular formula is H13CuGaInSbSe2. The molecule has 0 nitrogen and oxygen atoms in total. The van der Waals surface area contributed by atoms with Crippen LogP contribution in [0.5, 0.6) is 0 Å². The van der Waals surface area contributed by atoms with Crippen LogP contribution in [0.4, 0.5) is 0 Å². The van der Waals surface area contributed by atoms with Gasteiger partial charge in [0.1, 0.15) is 0 Å². The monoisotopic (exact) mass is 541 g/mol. The average Bonchev–Trinajstić information content (AvgIpc) is 0. The predicted octanol–water partition coefficient (Wildman–Crippen LogP) is -5.39.